The van der Waals surface area contributed by atoms with E-state index in [9.17, 15) is 4.79 Å². The molecule has 1 fully saturated rings. The number of carbonyl (C=O) groups is 1. The van der Waals surface area contributed by atoms with Gasteiger partial charge in [0, 0.05) is 28.9 Å². The third-order valence-electron chi connectivity index (χ3n) is 3.67. The number of thiophene rings is 1. The zero-order chi connectivity index (χ0) is 13.2. The van der Waals surface area contributed by atoms with Crippen LogP contribution in [-0.2, 0) is 4.79 Å². The molecular formula is C14H16N2O2S. The standard InChI is InChI=1S/C14H16N2O2S/c17-13(18)9-10-3-1-2-7-16(10)14-11-5-8-19-12(11)4-6-15-14/h4-6,8,10H,1-3,7,9H2,(H,17,18). The molecule has 0 amide bonds. The van der Waals surface area contributed by atoms with E-state index in [1.54, 1.807) is 11.3 Å². The van der Waals surface area contributed by atoms with Gasteiger partial charge in [-0.15, -0.1) is 11.3 Å². The molecule has 1 saturated heterocycles. The number of aliphatic carboxylic acids is 1. The number of carboxylic acid groups (broad SMARTS) is 1. The molecule has 1 N–H and O–H groups in total. The summed E-state index contributed by atoms with van der Waals surface area (Å²) in [5.74, 6) is 0.221. The van der Waals surface area contributed by atoms with Crippen LogP contribution in [0, 0.1) is 0 Å². The molecule has 1 aliphatic heterocycles. The minimum Gasteiger partial charge on any atom is -0.481 e. The van der Waals surface area contributed by atoms with Gasteiger partial charge in [-0.05, 0) is 36.8 Å². The van der Waals surface area contributed by atoms with Gasteiger partial charge in [0.15, 0.2) is 0 Å². The van der Waals surface area contributed by atoms with Gasteiger partial charge < -0.3 is 10.0 Å². The normalized spacial score (nSPS) is 19.8. The van der Waals surface area contributed by atoms with Crippen molar-refractivity contribution in [2.75, 3.05) is 11.4 Å². The van der Waals surface area contributed by atoms with Crippen LogP contribution >= 0.6 is 11.3 Å². The Morgan fingerprint density at radius 1 is 1.47 bits per heavy atom. The van der Waals surface area contributed by atoms with Crippen LogP contribution in [-0.4, -0.2) is 28.6 Å². The molecule has 2 aromatic heterocycles. The maximum atomic E-state index is 11.0. The smallest absolute Gasteiger partial charge is 0.305 e. The number of carboxylic acids is 1. The molecule has 2 aromatic rings. The Morgan fingerprint density at radius 3 is 3.21 bits per heavy atom. The summed E-state index contributed by atoms with van der Waals surface area (Å²) < 4.78 is 1.21. The predicted octanol–water partition coefficient (Wildman–Crippen LogP) is 3.13. The fraction of sp³-hybridized carbons (Fsp3) is 0.429. The van der Waals surface area contributed by atoms with Crippen LogP contribution in [0.2, 0.25) is 0 Å². The van der Waals surface area contributed by atoms with Gasteiger partial charge in [-0.2, -0.15) is 0 Å². The number of aromatic nitrogens is 1. The highest BCUT2D eigenvalue weighted by atomic mass is 32.1. The summed E-state index contributed by atoms with van der Waals surface area (Å²) in [5.41, 5.74) is 0. The second-order valence-corrected chi connectivity index (χ2v) is 5.86. The number of hydrogen-bond donors (Lipinski definition) is 1. The largest absolute Gasteiger partial charge is 0.481 e. The van der Waals surface area contributed by atoms with E-state index in [1.165, 1.54) is 4.70 Å². The van der Waals surface area contributed by atoms with Crippen LogP contribution < -0.4 is 4.90 Å². The fourth-order valence-corrected chi connectivity index (χ4v) is 3.58. The Hall–Kier alpha value is -1.62. The highest BCUT2D eigenvalue weighted by Crippen LogP contribution is 2.32. The molecule has 0 aromatic carbocycles. The SMILES string of the molecule is O=C(O)CC1CCCCN1c1nccc2sccc12. The van der Waals surface area contributed by atoms with Gasteiger partial charge in [0.25, 0.3) is 0 Å². The number of nitrogens with zero attached hydrogens (tertiary/aromatic N) is 2. The lowest BCUT2D eigenvalue weighted by Gasteiger charge is -2.36. The Bertz CT molecular complexity index is 596. The minimum atomic E-state index is -0.727. The number of rotatable bonds is 3. The molecular weight excluding hydrogens is 260 g/mol. The van der Waals surface area contributed by atoms with Gasteiger partial charge in [0.1, 0.15) is 5.82 Å². The Kier molecular flexibility index (Phi) is 3.38. The van der Waals surface area contributed by atoms with Crippen molar-refractivity contribution in [1.29, 1.82) is 0 Å². The molecule has 100 valence electrons. The number of hydrogen-bond acceptors (Lipinski definition) is 4. The van der Waals surface area contributed by atoms with E-state index in [1.807, 2.05) is 12.3 Å². The van der Waals surface area contributed by atoms with E-state index < -0.39 is 5.97 Å². The monoisotopic (exact) mass is 276 g/mol. The van der Waals surface area contributed by atoms with Crippen molar-refractivity contribution in [2.24, 2.45) is 0 Å². The van der Waals surface area contributed by atoms with E-state index in [4.69, 9.17) is 5.11 Å². The Labute approximate surface area is 115 Å². The van der Waals surface area contributed by atoms with Gasteiger partial charge in [0.05, 0.1) is 6.42 Å². The number of anilines is 1. The quantitative estimate of drug-likeness (QED) is 0.935. The lowest BCUT2D eigenvalue weighted by atomic mass is 9.99. The van der Waals surface area contributed by atoms with E-state index >= 15 is 0 Å². The van der Waals surface area contributed by atoms with Crippen molar-refractivity contribution in [3.63, 3.8) is 0 Å². The first kappa shape index (κ1) is 12.4. The second-order valence-electron chi connectivity index (χ2n) is 4.91. The van der Waals surface area contributed by atoms with Crippen molar-refractivity contribution in [3.05, 3.63) is 23.7 Å². The Morgan fingerprint density at radius 2 is 2.37 bits per heavy atom. The molecule has 4 nitrogen and oxygen atoms in total. The molecule has 1 aliphatic rings. The van der Waals surface area contributed by atoms with E-state index in [2.05, 4.69) is 21.3 Å². The average Bonchev–Trinajstić information content (AvgIpc) is 2.87. The number of fused-ring (bicyclic) bond motifs is 1. The van der Waals surface area contributed by atoms with Crippen molar-refractivity contribution in [2.45, 2.75) is 31.7 Å². The van der Waals surface area contributed by atoms with Gasteiger partial charge in [-0.3, -0.25) is 4.79 Å². The summed E-state index contributed by atoms with van der Waals surface area (Å²) in [7, 11) is 0. The minimum absolute atomic E-state index is 0.0734. The predicted molar refractivity (Wildman–Crippen MR) is 76.9 cm³/mol. The second kappa shape index (κ2) is 5.17. The van der Waals surface area contributed by atoms with Crippen LogP contribution in [0.5, 0.6) is 0 Å². The molecule has 0 spiro atoms. The highest BCUT2D eigenvalue weighted by molar-refractivity contribution is 7.17. The van der Waals surface area contributed by atoms with Gasteiger partial charge in [-0.25, -0.2) is 4.98 Å². The molecule has 3 heterocycles. The average molecular weight is 276 g/mol. The summed E-state index contributed by atoms with van der Waals surface area (Å²) >= 11 is 1.70. The number of piperidine rings is 1. The van der Waals surface area contributed by atoms with E-state index in [0.29, 0.717) is 0 Å². The molecule has 1 unspecified atom stereocenters. The van der Waals surface area contributed by atoms with E-state index in [-0.39, 0.29) is 12.5 Å². The zero-order valence-corrected chi connectivity index (χ0v) is 11.4. The molecule has 0 radical (unpaired) electrons. The molecule has 0 bridgehead atoms. The van der Waals surface area contributed by atoms with Crippen LogP contribution in [0.25, 0.3) is 10.1 Å². The summed E-state index contributed by atoms with van der Waals surface area (Å²) in [4.78, 5) is 17.7. The summed E-state index contributed by atoms with van der Waals surface area (Å²) in [6.07, 6.45) is 5.17. The van der Waals surface area contributed by atoms with Crippen LogP contribution in [0.1, 0.15) is 25.7 Å². The lowest BCUT2D eigenvalue weighted by Crippen LogP contribution is -2.41. The highest BCUT2D eigenvalue weighted by Gasteiger charge is 2.26. The Balaban J connectivity index is 1.97. The molecule has 3 rings (SSSR count). The molecule has 1 atom stereocenters. The molecule has 0 aliphatic carbocycles. The fourth-order valence-electron chi connectivity index (χ4n) is 2.80. The summed E-state index contributed by atoms with van der Waals surface area (Å²) in [6, 6.07) is 4.17. The first-order chi connectivity index (χ1) is 9.25. The van der Waals surface area contributed by atoms with Crippen molar-refractivity contribution >= 4 is 33.2 Å². The van der Waals surface area contributed by atoms with Crippen molar-refractivity contribution < 1.29 is 9.90 Å². The first-order valence-electron chi connectivity index (χ1n) is 6.56. The summed E-state index contributed by atoms with van der Waals surface area (Å²) in [6.45, 7) is 0.903. The van der Waals surface area contributed by atoms with Crippen molar-refractivity contribution in [3.8, 4) is 0 Å². The van der Waals surface area contributed by atoms with Gasteiger partial charge >= 0.3 is 5.97 Å². The lowest BCUT2D eigenvalue weighted by molar-refractivity contribution is -0.137. The van der Waals surface area contributed by atoms with E-state index in [0.717, 1.165) is 37.0 Å². The van der Waals surface area contributed by atoms with Gasteiger partial charge in [0.2, 0.25) is 0 Å². The van der Waals surface area contributed by atoms with Gasteiger partial charge in [-0.1, -0.05) is 0 Å². The summed E-state index contributed by atoms with van der Waals surface area (Å²) in [5, 5.41) is 12.3. The number of pyridine rings is 1. The topological polar surface area (TPSA) is 53.4 Å². The third kappa shape index (κ3) is 2.42. The van der Waals surface area contributed by atoms with Crippen molar-refractivity contribution in [1.82, 2.24) is 4.98 Å². The third-order valence-corrected chi connectivity index (χ3v) is 4.55. The zero-order valence-electron chi connectivity index (χ0n) is 10.6. The molecule has 19 heavy (non-hydrogen) atoms. The maximum absolute atomic E-state index is 11.0. The maximum Gasteiger partial charge on any atom is 0.305 e. The van der Waals surface area contributed by atoms with Crippen LogP contribution in [0.4, 0.5) is 5.82 Å². The van der Waals surface area contributed by atoms with Crippen LogP contribution in [0.15, 0.2) is 23.7 Å². The molecule has 5 heteroatoms. The first-order valence-corrected chi connectivity index (χ1v) is 7.44. The molecule has 0 saturated carbocycles. The van der Waals surface area contributed by atoms with Crippen LogP contribution in [0.3, 0.4) is 0 Å².